The third kappa shape index (κ3) is 2.84. The lowest BCUT2D eigenvalue weighted by atomic mass is 10.3. The Morgan fingerprint density at radius 3 is 2.93 bits per heavy atom. The lowest BCUT2D eigenvalue weighted by Crippen LogP contribution is -2.04. The number of rotatable bonds is 5. The summed E-state index contributed by atoms with van der Waals surface area (Å²) in [5, 5.41) is 12.9. The van der Waals surface area contributed by atoms with E-state index >= 15 is 0 Å². The minimum absolute atomic E-state index is 0.0825. The van der Waals surface area contributed by atoms with Crippen molar-refractivity contribution in [3.05, 3.63) is 20.7 Å². The lowest BCUT2D eigenvalue weighted by molar-refractivity contribution is -0.757. The number of hydrogen-bond acceptors (Lipinski definition) is 6. The molecule has 78 valence electrons. The van der Waals surface area contributed by atoms with Crippen LogP contribution in [0.15, 0.2) is 0 Å². The van der Waals surface area contributed by atoms with E-state index in [1.165, 1.54) is 11.3 Å². The summed E-state index contributed by atoms with van der Waals surface area (Å²) < 4.78 is 0. The van der Waals surface area contributed by atoms with Crippen molar-refractivity contribution in [2.75, 3.05) is 19.0 Å². The van der Waals surface area contributed by atoms with Gasteiger partial charge in [0.05, 0.1) is 5.69 Å². The van der Waals surface area contributed by atoms with Crippen molar-refractivity contribution in [3.63, 3.8) is 0 Å². The van der Waals surface area contributed by atoms with Crippen molar-refractivity contribution in [1.29, 1.82) is 0 Å². The van der Waals surface area contributed by atoms with Crippen LogP contribution in [0.1, 0.15) is 10.6 Å². The molecule has 6 nitrogen and oxygen atoms in total. The van der Waals surface area contributed by atoms with Crippen molar-refractivity contribution < 1.29 is 9.92 Å². The van der Waals surface area contributed by atoms with Crippen LogP contribution >= 0.6 is 11.3 Å². The highest BCUT2D eigenvalue weighted by Crippen LogP contribution is 2.22. The molecule has 1 aromatic heterocycles. The first-order chi connectivity index (χ1) is 6.63. The fourth-order valence-electron chi connectivity index (χ4n) is 0.980. The monoisotopic (exact) mass is 217 g/mol. The molecular weight excluding hydrogens is 206 g/mol. The quantitative estimate of drug-likeness (QED) is 0.593. The van der Waals surface area contributed by atoms with Crippen LogP contribution in [0.4, 0.5) is 5.13 Å². The van der Waals surface area contributed by atoms with E-state index in [4.69, 9.17) is 0 Å². The number of nitrogens with one attached hydrogen (secondary N) is 1. The molecule has 0 bridgehead atoms. The number of aryl methyl sites for hydroxylation is 1. The first kappa shape index (κ1) is 10.7. The molecule has 0 saturated carbocycles. The molecule has 1 aromatic rings. The maximum atomic E-state index is 9.89. The number of thiazole rings is 1. The Morgan fingerprint density at radius 1 is 1.71 bits per heavy atom. The summed E-state index contributed by atoms with van der Waals surface area (Å²) in [5.74, 6) is 0. The van der Waals surface area contributed by atoms with E-state index in [1.54, 1.807) is 7.05 Å². The van der Waals surface area contributed by atoms with Gasteiger partial charge in [0.25, 0.3) is 5.09 Å². The molecule has 0 radical (unpaired) electrons. The smallest absolute Gasteiger partial charge is 0.294 e. The van der Waals surface area contributed by atoms with Crippen LogP contribution in [0.3, 0.4) is 0 Å². The minimum Gasteiger partial charge on any atom is -0.365 e. The molecule has 0 unspecified atom stereocenters. The topological polar surface area (TPSA) is 77.3 Å². The molecule has 0 aliphatic carbocycles. The van der Waals surface area contributed by atoms with Crippen molar-refractivity contribution in [1.82, 2.24) is 4.98 Å². The first-order valence-electron chi connectivity index (χ1n) is 4.05. The summed E-state index contributed by atoms with van der Waals surface area (Å²) >= 11 is 1.49. The van der Waals surface area contributed by atoms with E-state index in [0.29, 0.717) is 6.42 Å². The normalized spacial score (nSPS) is 9.86. The Morgan fingerprint density at radius 2 is 2.43 bits per heavy atom. The average Bonchev–Trinajstić information content (AvgIpc) is 2.47. The third-order valence-corrected chi connectivity index (χ3v) is 2.87. The van der Waals surface area contributed by atoms with Crippen LogP contribution in [-0.2, 0) is 11.3 Å². The average molecular weight is 217 g/mol. The van der Waals surface area contributed by atoms with Gasteiger partial charge >= 0.3 is 0 Å². The van der Waals surface area contributed by atoms with Gasteiger partial charge in [0.1, 0.15) is 6.61 Å². The van der Waals surface area contributed by atoms with Gasteiger partial charge in [-0.25, -0.2) is 4.98 Å². The number of anilines is 1. The molecule has 0 fully saturated rings. The molecule has 0 saturated heterocycles. The number of hydrogen-bond donors (Lipinski definition) is 1. The molecule has 0 aromatic carbocycles. The maximum absolute atomic E-state index is 9.89. The zero-order valence-corrected chi connectivity index (χ0v) is 8.76. The van der Waals surface area contributed by atoms with E-state index < -0.39 is 5.09 Å². The predicted octanol–water partition coefficient (Wildman–Crippen LogP) is 1.24. The number of aromatic nitrogens is 1. The van der Waals surface area contributed by atoms with Crippen LogP contribution in [0.5, 0.6) is 0 Å². The second-order valence-electron chi connectivity index (χ2n) is 2.58. The van der Waals surface area contributed by atoms with Gasteiger partial charge < -0.3 is 10.2 Å². The second-order valence-corrected chi connectivity index (χ2v) is 3.67. The fraction of sp³-hybridized carbons (Fsp3) is 0.571. The molecule has 0 atom stereocenters. The molecule has 7 heteroatoms. The van der Waals surface area contributed by atoms with Crippen molar-refractivity contribution >= 4 is 16.5 Å². The van der Waals surface area contributed by atoms with Gasteiger partial charge in [0.2, 0.25) is 0 Å². The molecular formula is C7H11N3O3S. The van der Waals surface area contributed by atoms with E-state index in [1.807, 2.05) is 6.92 Å². The summed E-state index contributed by atoms with van der Waals surface area (Å²) in [4.78, 5) is 19.3. The Hall–Kier alpha value is -1.37. The fourth-order valence-corrected chi connectivity index (χ4v) is 1.88. The van der Waals surface area contributed by atoms with Gasteiger partial charge in [-0.05, 0) is 6.92 Å². The molecule has 1 rings (SSSR count). The van der Waals surface area contributed by atoms with Crippen LogP contribution < -0.4 is 5.32 Å². The molecule has 0 spiro atoms. The summed E-state index contributed by atoms with van der Waals surface area (Å²) in [6, 6.07) is 0. The second kappa shape index (κ2) is 4.75. The Bertz CT molecular complexity index is 326. The van der Waals surface area contributed by atoms with Gasteiger partial charge in [-0.3, -0.25) is 0 Å². The van der Waals surface area contributed by atoms with Gasteiger partial charge in [-0.2, -0.15) is 0 Å². The number of nitrogens with zero attached hydrogens (tertiary/aromatic N) is 2. The zero-order valence-electron chi connectivity index (χ0n) is 7.94. The van der Waals surface area contributed by atoms with Gasteiger partial charge in [0.15, 0.2) is 5.13 Å². The first-order valence-corrected chi connectivity index (χ1v) is 4.86. The SMILES string of the molecule is CNc1nc(C)c(CCO[N+](=O)[O-])s1. The molecule has 14 heavy (non-hydrogen) atoms. The van der Waals surface area contributed by atoms with Crippen LogP contribution in [0.2, 0.25) is 0 Å². The molecule has 1 heterocycles. The van der Waals surface area contributed by atoms with Crippen LogP contribution in [-0.4, -0.2) is 23.7 Å². The molecule has 0 amide bonds. The molecule has 0 aliphatic rings. The summed E-state index contributed by atoms with van der Waals surface area (Å²) in [6.07, 6.45) is 0.520. The highest BCUT2D eigenvalue weighted by atomic mass is 32.1. The summed E-state index contributed by atoms with van der Waals surface area (Å²) in [5.41, 5.74) is 0.895. The highest BCUT2D eigenvalue weighted by Gasteiger charge is 2.06. The van der Waals surface area contributed by atoms with Crippen LogP contribution in [0.25, 0.3) is 0 Å². The zero-order chi connectivity index (χ0) is 10.6. The minimum atomic E-state index is -0.782. The van der Waals surface area contributed by atoms with E-state index in [9.17, 15) is 10.1 Å². The Balaban J connectivity index is 2.49. The van der Waals surface area contributed by atoms with Gasteiger partial charge in [-0.1, -0.05) is 0 Å². The van der Waals surface area contributed by atoms with Crippen LogP contribution in [0, 0.1) is 17.0 Å². The highest BCUT2D eigenvalue weighted by molar-refractivity contribution is 7.15. The lowest BCUT2D eigenvalue weighted by Gasteiger charge is -1.96. The van der Waals surface area contributed by atoms with Crippen molar-refractivity contribution in [2.24, 2.45) is 0 Å². The Kier molecular flexibility index (Phi) is 3.63. The van der Waals surface area contributed by atoms with Crippen molar-refractivity contribution in [2.45, 2.75) is 13.3 Å². The van der Waals surface area contributed by atoms with E-state index in [0.717, 1.165) is 15.7 Å². The maximum Gasteiger partial charge on any atom is 0.294 e. The standard InChI is InChI=1S/C7H11N3O3S/c1-5-6(3-4-13-10(11)12)14-7(8-2)9-5/h3-4H2,1-2H3,(H,8,9). The van der Waals surface area contributed by atoms with E-state index in [-0.39, 0.29) is 6.61 Å². The van der Waals surface area contributed by atoms with Gasteiger partial charge in [-0.15, -0.1) is 21.5 Å². The molecule has 1 N–H and O–H groups in total. The predicted molar refractivity (Wildman–Crippen MR) is 53.0 cm³/mol. The third-order valence-electron chi connectivity index (χ3n) is 1.63. The van der Waals surface area contributed by atoms with Gasteiger partial charge in [0, 0.05) is 18.3 Å². The molecule has 0 aliphatic heterocycles. The van der Waals surface area contributed by atoms with Crippen molar-refractivity contribution in [3.8, 4) is 0 Å². The summed E-state index contributed by atoms with van der Waals surface area (Å²) in [7, 11) is 1.79. The van der Waals surface area contributed by atoms with E-state index in [2.05, 4.69) is 15.1 Å². The largest absolute Gasteiger partial charge is 0.365 e. The Labute approximate surface area is 85.0 Å². The summed E-state index contributed by atoms with van der Waals surface area (Å²) in [6.45, 7) is 1.96.